The third-order valence-corrected chi connectivity index (χ3v) is 3.45. The molecule has 0 saturated heterocycles. The SMILES string of the molecule is CCc1nc(C(=O)Nc2ccc3ncsc3c2)n[nH]1. The molecule has 3 rings (SSSR count). The lowest BCUT2D eigenvalue weighted by Gasteiger charge is -2.01. The highest BCUT2D eigenvalue weighted by atomic mass is 32.1. The average Bonchev–Trinajstić information content (AvgIpc) is 3.06. The van der Waals surface area contributed by atoms with Crippen LogP contribution in [0.2, 0.25) is 0 Å². The molecule has 6 nitrogen and oxygen atoms in total. The molecule has 0 fully saturated rings. The van der Waals surface area contributed by atoms with E-state index in [0.29, 0.717) is 17.9 Å². The summed E-state index contributed by atoms with van der Waals surface area (Å²) in [6.07, 6.45) is 0.715. The number of fused-ring (bicyclic) bond motifs is 1. The number of amides is 1. The quantitative estimate of drug-likeness (QED) is 0.766. The molecule has 19 heavy (non-hydrogen) atoms. The van der Waals surface area contributed by atoms with E-state index in [4.69, 9.17) is 0 Å². The minimum Gasteiger partial charge on any atom is -0.319 e. The van der Waals surface area contributed by atoms with Gasteiger partial charge in [0.15, 0.2) is 0 Å². The van der Waals surface area contributed by atoms with Crippen molar-refractivity contribution >= 4 is 33.1 Å². The minimum atomic E-state index is -0.320. The molecule has 0 aliphatic heterocycles. The lowest BCUT2D eigenvalue weighted by Crippen LogP contribution is -2.13. The molecule has 7 heteroatoms. The molecule has 2 N–H and O–H groups in total. The van der Waals surface area contributed by atoms with E-state index >= 15 is 0 Å². The van der Waals surface area contributed by atoms with Gasteiger partial charge in [0.2, 0.25) is 5.82 Å². The summed E-state index contributed by atoms with van der Waals surface area (Å²) in [6, 6.07) is 5.57. The number of hydrogen-bond acceptors (Lipinski definition) is 5. The number of aromatic nitrogens is 4. The molecule has 0 unspecified atom stereocenters. The highest BCUT2D eigenvalue weighted by Gasteiger charge is 2.12. The number of rotatable bonds is 3. The first-order chi connectivity index (χ1) is 9.26. The Morgan fingerprint density at radius 3 is 3.16 bits per heavy atom. The van der Waals surface area contributed by atoms with Crippen molar-refractivity contribution in [1.82, 2.24) is 20.2 Å². The van der Waals surface area contributed by atoms with Gasteiger partial charge in [0, 0.05) is 12.1 Å². The van der Waals surface area contributed by atoms with E-state index in [1.165, 1.54) is 11.3 Å². The van der Waals surface area contributed by atoms with E-state index in [1.807, 2.05) is 25.1 Å². The molecule has 0 saturated carbocycles. The van der Waals surface area contributed by atoms with Crippen LogP contribution < -0.4 is 5.32 Å². The second-order valence-corrected chi connectivity index (χ2v) is 4.83. The number of H-pyrrole nitrogens is 1. The summed E-state index contributed by atoms with van der Waals surface area (Å²) in [5.41, 5.74) is 3.41. The first-order valence-corrected chi connectivity index (χ1v) is 6.70. The highest BCUT2D eigenvalue weighted by Crippen LogP contribution is 2.21. The highest BCUT2D eigenvalue weighted by molar-refractivity contribution is 7.16. The predicted octanol–water partition coefficient (Wildman–Crippen LogP) is 2.23. The van der Waals surface area contributed by atoms with Gasteiger partial charge in [-0.15, -0.1) is 16.4 Å². The Kier molecular flexibility index (Phi) is 2.96. The van der Waals surface area contributed by atoms with E-state index in [1.54, 1.807) is 5.51 Å². The number of aromatic amines is 1. The molecule has 1 aromatic carbocycles. The van der Waals surface area contributed by atoms with Gasteiger partial charge in [-0.3, -0.25) is 9.89 Å². The van der Waals surface area contributed by atoms with Crippen LogP contribution in [0.15, 0.2) is 23.7 Å². The van der Waals surface area contributed by atoms with Gasteiger partial charge in [0.1, 0.15) is 5.82 Å². The van der Waals surface area contributed by atoms with Crippen molar-refractivity contribution < 1.29 is 4.79 Å². The van der Waals surface area contributed by atoms with Crippen LogP contribution in [0, 0.1) is 0 Å². The van der Waals surface area contributed by atoms with Crippen LogP contribution in [-0.4, -0.2) is 26.1 Å². The Hall–Kier alpha value is -2.28. The molecule has 0 spiro atoms. The maximum Gasteiger partial charge on any atom is 0.295 e. The zero-order chi connectivity index (χ0) is 13.2. The number of carbonyl (C=O) groups is 1. The molecule has 0 radical (unpaired) electrons. The lowest BCUT2D eigenvalue weighted by atomic mass is 10.3. The number of nitrogens with zero attached hydrogens (tertiary/aromatic N) is 3. The van der Waals surface area contributed by atoms with Crippen LogP contribution in [0.3, 0.4) is 0 Å². The fourth-order valence-corrected chi connectivity index (χ4v) is 2.39. The number of anilines is 1. The Labute approximate surface area is 112 Å². The molecule has 0 aliphatic rings. The maximum absolute atomic E-state index is 11.9. The van der Waals surface area contributed by atoms with Crippen molar-refractivity contribution in [3.05, 3.63) is 35.4 Å². The topological polar surface area (TPSA) is 83.6 Å². The largest absolute Gasteiger partial charge is 0.319 e. The van der Waals surface area contributed by atoms with Crippen molar-refractivity contribution in [3.63, 3.8) is 0 Å². The van der Waals surface area contributed by atoms with Crippen molar-refractivity contribution in [2.75, 3.05) is 5.32 Å². The van der Waals surface area contributed by atoms with E-state index in [2.05, 4.69) is 25.5 Å². The summed E-state index contributed by atoms with van der Waals surface area (Å²) in [7, 11) is 0. The molecule has 0 atom stereocenters. The molecule has 2 aromatic heterocycles. The van der Waals surface area contributed by atoms with E-state index in [0.717, 1.165) is 10.2 Å². The second-order valence-electron chi connectivity index (χ2n) is 3.95. The fourth-order valence-electron chi connectivity index (χ4n) is 1.67. The summed E-state index contributed by atoms with van der Waals surface area (Å²) in [5.74, 6) is 0.532. The summed E-state index contributed by atoms with van der Waals surface area (Å²) < 4.78 is 1.03. The van der Waals surface area contributed by atoms with E-state index < -0.39 is 0 Å². The lowest BCUT2D eigenvalue weighted by molar-refractivity contribution is 0.101. The van der Waals surface area contributed by atoms with E-state index in [9.17, 15) is 4.79 Å². The number of benzene rings is 1. The van der Waals surface area contributed by atoms with Crippen molar-refractivity contribution in [2.45, 2.75) is 13.3 Å². The Morgan fingerprint density at radius 2 is 2.37 bits per heavy atom. The zero-order valence-corrected chi connectivity index (χ0v) is 11.0. The molecule has 2 heterocycles. The van der Waals surface area contributed by atoms with Gasteiger partial charge in [-0.1, -0.05) is 6.92 Å². The van der Waals surface area contributed by atoms with E-state index in [-0.39, 0.29) is 11.7 Å². The molecule has 1 amide bonds. The summed E-state index contributed by atoms with van der Waals surface area (Å²) in [5, 5.41) is 9.37. The van der Waals surface area contributed by atoms with Crippen LogP contribution in [0.1, 0.15) is 23.4 Å². The number of carbonyl (C=O) groups excluding carboxylic acids is 1. The number of thiazole rings is 1. The predicted molar refractivity (Wildman–Crippen MR) is 73.3 cm³/mol. The van der Waals surface area contributed by atoms with Crippen LogP contribution in [0.4, 0.5) is 5.69 Å². The number of aryl methyl sites for hydroxylation is 1. The molecular weight excluding hydrogens is 262 g/mol. The smallest absolute Gasteiger partial charge is 0.295 e. The van der Waals surface area contributed by atoms with Crippen molar-refractivity contribution in [2.24, 2.45) is 0 Å². The normalized spacial score (nSPS) is 10.8. The van der Waals surface area contributed by atoms with Gasteiger partial charge in [0.25, 0.3) is 5.91 Å². The Bertz CT molecular complexity index is 732. The molecule has 0 aliphatic carbocycles. The van der Waals surface area contributed by atoms with Crippen LogP contribution >= 0.6 is 11.3 Å². The van der Waals surface area contributed by atoms with Crippen LogP contribution in [-0.2, 0) is 6.42 Å². The van der Waals surface area contributed by atoms with Gasteiger partial charge in [-0.2, -0.15) is 0 Å². The Balaban J connectivity index is 1.81. The molecule has 96 valence electrons. The molecule has 0 bridgehead atoms. The summed E-state index contributed by atoms with van der Waals surface area (Å²) in [4.78, 5) is 20.2. The van der Waals surface area contributed by atoms with Gasteiger partial charge in [-0.05, 0) is 18.2 Å². The monoisotopic (exact) mass is 273 g/mol. The first kappa shape index (κ1) is 11.8. The van der Waals surface area contributed by atoms with Crippen LogP contribution in [0.25, 0.3) is 10.2 Å². The number of hydrogen-bond donors (Lipinski definition) is 2. The van der Waals surface area contributed by atoms with Gasteiger partial charge < -0.3 is 5.32 Å². The summed E-state index contributed by atoms with van der Waals surface area (Å²) >= 11 is 1.53. The zero-order valence-electron chi connectivity index (χ0n) is 10.2. The third kappa shape index (κ3) is 2.32. The maximum atomic E-state index is 11.9. The fraction of sp³-hybridized carbons (Fsp3) is 0.167. The standard InChI is InChI=1S/C12H11N5OS/c1-2-10-15-11(17-16-10)12(18)14-7-3-4-8-9(5-7)19-6-13-8/h3-6H,2H2,1H3,(H,14,18)(H,15,16,17). The summed E-state index contributed by atoms with van der Waals surface area (Å²) in [6.45, 7) is 1.94. The van der Waals surface area contributed by atoms with Crippen LogP contribution in [0.5, 0.6) is 0 Å². The average molecular weight is 273 g/mol. The third-order valence-electron chi connectivity index (χ3n) is 2.66. The second kappa shape index (κ2) is 4.77. The van der Waals surface area contributed by atoms with Gasteiger partial charge >= 0.3 is 0 Å². The first-order valence-electron chi connectivity index (χ1n) is 5.82. The number of nitrogens with one attached hydrogen (secondary N) is 2. The van der Waals surface area contributed by atoms with Gasteiger partial charge in [-0.25, -0.2) is 9.97 Å². The molecular formula is C12H11N5OS. The van der Waals surface area contributed by atoms with Crippen molar-refractivity contribution in [3.8, 4) is 0 Å². The van der Waals surface area contributed by atoms with Crippen molar-refractivity contribution in [1.29, 1.82) is 0 Å². The molecule has 3 aromatic rings. The minimum absolute atomic E-state index is 0.154. The van der Waals surface area contributed by atoms with Gasteiger partial charge in [0.05, 0.1) is 15.7 Å². The Morgan fingerprint density at radius 1 is 1.47 bits per heavy atom.